The van der Waals surface area contributed by atoms with Crippen LogP contribution in [0.5, 0.6) is 0 Å². The minimum atomic E-state index is 0.210. The lowest BCUT2D eigenvalue weighted by Gasteiger charge is -2.07. The smallest absolute Gasteiger partial charge is 0.0471 e. The molecule has 0 atom stereocenters. The highest BCUT2D eigenvalue weighted by Gasteiger charge is 2.07. The van der Waals surface area contributed by atoms with Gasteiger partial charge in [-0.3, -0.25) is 0 Å². The number of hydrogen-bond donors (Lipinski definition) is 3. The minimum Gasteiger partial charge on any atom is -0.396 e. The molecule has 0 fully saturated rings. The third-order valence-electron chi connectivity index (χ3n) is 4.33. The number of aromatic amines is 1. The summed E-state index contributed by atoms with van der Waals surface area (Å²) in [5.74, 6) is 0. The molecular weight excluding hydrogens is 284 g/mol. The van der Waals surface area contributed by atoms with E-state index in [-0.39, 0.29) is 6.61 Å². The molecule has 0 saturated carbocycles. The van der Waals surface area contributed by atoms with Crippen LogP contribution in [0.3, 0.4) is 0 Å². The van der Waals surface area contributed by atoms with E-state index in [1.165, 1.54) is 33.3 Å². The molecule has 3 aromatic rings. The largest absolute Gasteiger partial charge is 0.396 e. The maximum atomic E-state index is 8.94. The molecule has 0 aliphatic heterocycles. The highest BCUT2D eigenvalue weighted by molar-refractivity contribution is 5.84. The van der Waals surface area contributed by atoms with Crippen molar-refractivity contribution < 1.29 is 5.11 Å². The summed E-state index contributed by atoms with van der Waals surface area (Å²) >= 11 is 0. The Labute approximate surface area is 137 Å². The number of aliphatic hydroxyl groups excluding tert-OH is 1. The normalized spacial score (nSPS) is 11.2. The first-order chi connectivity index (χ1) is 11.3. The van der Waals surface area contributed by atoms with Crippen LogP contribution in [-0.2, 0) is 19.4 Å². The van der Waals surface area contributed by atoms with Gasteiger partial charge in [0.2, 0.25) is 0 Å². The molecule has 3 N–H and O–H groups in total. The highest BCUT2D eigenvalue weighted by Crippen LogP contribution is 2.21. The highest BCUT2D eigenvalue weighted by atomic mass is 16.2. The zero-order chi connectivity index (χ0) is 16.1. The van der Waals surface area contributed by atoms with Crippen molar-refractivity contribution in [2.75, 3.05) is 13.2 Å². The molecule has 0 unspecified atom stereocenters. The van der Waals surface area contributed by atoms with Crippen molar-refractivity contribution in [1.29, 1.82) is 0 Å². The molecule has 120 valence electrons. The zero-order valence-corrected chi connectivity index (χ0v) is 13.6. The average molecular weight is 308 g/mol. The molecule has 0 spiro atoms. The van der Waals surface area contributed by atoms with E-state index >= 15 is 0 Å². The van der Waals surface area contributed by atoms with Crippen LogP contribution in [0.2, 0.25) is 0 Å². The molecule has 0 amide bonds. The summed E-state index contributed by atoms with van der Waals surface area (Å²) < 4.78 is 0. The number of hydrogen-bond acceptors (Lipinski definition) is 2. The Kier molecular flexibility index (Phi) is 5.11. The summed E-state index contributed by atoms with van der Waals surface area (Å²) in [5.41, 5.74) is 6.36. The number of aliphatic hydroxyl groups is 1. The molecule has 3 heteroatoms. The maximum absolute atomic E-state index is 8.94. The molecular formula is C20H24N2O. The van der Waals surface area contributed by atoms with Crippen LogP contribution in [0.1, 0.15) is 22.4 Å². The monoisotopic (exact) mass is 308 g/mol. The molecule has 2 aromatic carbocycles. The van der Waals surface area contributed by atoms with Gasteiger partial charge in [0, 0.05) is 29.7 Å². The van der Waals surface area contributed by atoms with Crippen LogP contribution in [-0.4, -0.2) is 23.2 Å². The summed E-state index contributed by atoms with van der Waals surface area (Å²) in [6.45, 7) is 4.19. The van der Waals surface area contributed by atoms with Gasteiger partial charge in [-0.05, 0) is 49.1 Å². The standard InChI is InChI=1S/C20H24N2O/c1-15-18(19-4-2-3-5-20(19)22-15)10-12-21-14-17-8-6-16(7-9-17)11-13-23/h2-9,21-23H,10-14H2,1H3. The number of H-pyrrole nitrogens is 1. The minimum absolute atomic E-state index is 0.210. The SMILES string of the molecule is Cc1[nH]c2ccccc2c1CCNCc1ccc(CCO)cc1. The third-order valence-corrected chi connectivity index (χ3v) is 4.33. The van der Waals surface area contributed by atoms with Gasteiger partial charge in [0.05, 0.1) is 0 Å². The van der Waals surface area contributed by atoms with Gasteiger partial charge in [0.25, 0.3) is 0 Å². The third kappa shape index (κ3) is 3.81. The van der Waals surface area contributed by atoms with E-state index in [9.17, 15) is 0 Å². The second kappa shape index (κ2) is 7.44. The Balaban J connectivity index is 1.54. The molecule has 0 saturated heterocycles. The van der Waals surface area contributed by atoms with E-state index < -0.39 is 0 Å². The molecule has 1 aromatic heterocycles. The van der Waals surface area contributed by atoms with Gasteiger partial charge in [-0.1, -0.05) is 42.5 Å². The second-order valence-corrected chi connectivity index (χ2v) is 5.99. The Bertz CT molecular complexity index is 759. The molecule has 23 heavy (non-hydrogen) atoms. The van der Waals surface area contributed by atoms with Gasteiger partial charge < -0.3 is 15.4 Å². The van der Waals surface area contributed by atoms with Crippen LogP contribution < -0.4 is 5.32 Å². The van der Waals surface area contributed by atoms with Crippen molar-refractivity contribution in [3.63, 3.8) is 0 Å². The lowest BCUT2D eigenvalue weighted by Crippen LogP contribution is -2.16. The summed E-state index contributed by atoms with van der Waals surface area (Å²) in [6.07, 6.45) is 1.76. The zero-order valence-electron chi connectivity index (χ0n) is 13.6. The van der Waals surface area contributed by atoms with Gasteiger partial charge >= 0.3 is 0 Å². The number of rotatable bonds is 7. The fourth-order valence-corrected chi connectivity index (χ4v) is 3.06. The van der Waals surface area contributed by atoms with E-state index in [2.05, 4.69) is 65.8 Å². The van der Waals surface area contributed by atoms with Gasteiger partial charge in [0.1, 0.15) is 0 Å². The topological polar surface area (TPSA) is 48.0 Å². The molecule has 0 aliphatic carbocycles. The van der Waals surface area contributed by atoms with Crippen molar-refractivity contribution in [2.24, 2.45) is 0 Å². The van der Waals surface area contributed by atoms with Crippen LogP contribution in [0, 0.1) is 6.92 Å². The van der Waals surface area contributed by atoms with E-state index in [4.69, 9.17) is 5.11 Å². The molecule has 0 bridgehead atoms. The predicted molar refractivity (Wildman–Crippen MR) is 95.7 cm³/mol. The van der Waals surface area contributed by atoms with E-state index in [0.29, 0.717) is 0 Å². The van der Waals surface area contributed by atoms with Crippen molar-refractivity contribution in [3.05, 3.63) is 70.9 Å². The number of aryl methyl sites for hydroxylation is 1. The summed E-state index contributed by atoms with van der Waals surface area (Å²) in [6, 6.07) is 16.9. The van der Waals surface area contributed by atoms with Gasteiger partial charge in [-0.25, -0.2) is 0 Å². The van der Waals surface area contributed by atoms with Crippen LogP contribution in [0.25, 0.3) is 10.9 Å². The first kappa shape index (κ1) is 15.8. The lowest BCUT2D eigenvalue weighted by molar-refractivity contribution is 0.299. The Morgan fingerprint density at radius 2 is 1.70 bits per heavy atom. The molecule has 3 nitrogen and oxygen atoms in total. The molecule has 3 rings (SSSR count). The quantitative estimate of drug-likeness (QED) is 0.586. The van der Waals surface area contributed by atoms with Crippen molar-refractivity contribution in [3.8, 4) is 0 Å². The van der Waals surface area contributed by atoms with Crippen molar-refractivity contribution in [2.45, 2.75) is 26.3 Å². The van der Waals surface area contributed by atoms with Crippen LogP contribution in [0.4, 0.5) is 0 Å². The molecule has 1 heterocycles. The van der Waals surface area contributed by atoms with Gasteiger partial charge in [0.15, 0.2) is 0 Å². The van der Waals surface area contributed by atoms with E-state index in [1.807, 2.05) is 0 Å². The average Bonchev–Trinajstić information content (AvgIpc) is 2.89. The van der Waals surface area contributed by atoms with Crippen LogP contribution >= 0.6 is 0 Å². The first-order valence-electron chi connectivity index (χ1n) is 8.23. The Morgan fingerprint density at radius 3 is 2.48 bits per heavy atom. The number of fused-ring (bicyclic) bond motifs is 1. The predicted octanol–water partition coefficient (Wildman–Crippen LogP) is 3.34. The summed E-state index contributed by atoms with van der Waals surface area (Å²) in [4.78, 5) is 3.46. The van der Waals surface area contributed by atoms with Gasteiger partial charge in [-0.15, -0.1) is 0 Å². The van der Waals surface area contributed by atoms with E-state index in [1.54, 1.807) is 0 Å². The fourth-order valence-electron chi connectivity index (χ4n) is 3.06. The summed E-state index contributed by atoms with van der Waals surface area (Å²) in [7, 11) is 0. The summed E-state index contributed by atoms with van der Waals surface area (Å²) in [5, 5.41) is 13.8. The Morgan fingerprint density at radius 1 is 0.957 bits per heavy atom. The Hall–Kier alpha value is -2.10. The fraction of sp³-hybridized carbons (Fsp3) is 0.300. The van der Waals surface area contributed by atoms with Crippen LogP contribution in [0.15, 0.2) is 48.5 Å². The van der Waals surface area contributed by atoms with Crippen molar-refractivity contribution >= 4 is 10.9 Å². The molecule has 0 radical (unpaired) electrons. The van der Waals surface area contributed by atoms with E-state index in [0.717, 1.165) is 25.9 Å². The number of para-hydroxylation sites is 1. The van der Waals surface area contributed by atoms with Gasteiger partial charge in [-0.2, -0.15) is 0 Å². The number of aromatic nitrogens is 1. The second-order valence-electron chi connectivity index (χ2n) is 5.99. The van der Waals surface area contributed by atoms with Crippen molar-refractivity contribution in [1.82, 2.24) is 10.3 Å². The molecule has 0 aliphatic rings. The number of nitrogens with one attached hydrogen (secondary N) is 2. The lowest BCUT2D eigenvalue weighted by atomic mass is 10.1. The maximum Gasteiger partial charge on any atom is 0.0471 e. The number of benzene rings is 2. The first-order valence-corrected chi connectivity index (χ1v) is 8.23.